The van der Waals surface area contributed by atoms with Crippen LogP contribution in [0.2, 0.25) is 5.02 Å². The molecule has 0 spiro atoms. The third-order valence-corrected chi connectivity index (χ3v) is 5.81. The molecule has 33 heavy (non-hydrogen) atoms. The summed E-state index contributed by atoms with van der Waals surface area (Å²) in [4.78, 5) is 12.6. The van der Waals surface area contributed by atoms with Crippen LogP contribution in [0.1, 0.15) is 32.6 Å². The van der Waals surface area contributed by atoms with Gasteiger partial charge in [-0.2, -0.15) is 5.10 Å². The zero-order chi connectivity index (χ0) is 23.4. The number of aromatic nitrogens is 2. The summed E-state index contributed by atoms with van der Waals surface area (Å²) in [6.45, 7) is 4.55. The van der Waals surface area contributed by atoms with Crippen LogP contribution in [0, 0.1) is 19.7 Å². The van der Waals surface area contributed by atoms with E-state index in [0.717, 1.165) is 27.5 Å². The Labute approximate surface area is 196 Å². The number of rotatable bonds is 7. The van der Waals surface area contributed by atoms with Crippen LogP contribution in [0.5, 0.6) is 5.75 Å². The second kappa shape index (κ2) is 9.88. The van der Waals surface area contributed by atoms with E-state index in [1.54, 1.807) is 41.2 Å². The summed E-state index contributed by atoms with van der Waals surface area (Å²) in [6.07, 6.45) is 3.21. The number of nitrogens with zero attached hydrogens (tertiary/aromatic N) is 2. The van der Waals surface area contributed by atoms with Crippen molar-refractivity contribution in [2.24, 2.45) is 0 Å². The van der Waals surface area contributed by atoms with Gasteiger partial charge in [-0.25, -0.2) is 4.39 Å². The fraction of sp³-hybridized carbons (Fsp3) is 0.154. The molecule has 5 nitrogen and oxygen atoms in total. The van der Waals surface area contributed by atoms with Crippen LogP contribution < -0.4 is 10.1 Å². The molecule has 0 aliphatic carbocycles. The third kappa shape index (κ3) is 5.59. The second-order valence-electron chi connectivity index (χ2n) is 7.83. The lowest BCUT2D eigenvalue weighted by atomic mass is 10.1. The fourth-order valence-electron chi connectivity index (χ4n) is 3.43. The van der Waals surface area contributed by atoms with Crippen molar-refractivity contribution in [3.8, 4) is 5.75 Å². The number of carbonyl (C=O) groups is 1. The smallest absolute Gasteiger partial charge is 0.255 e. The summed E-state index contributed by atoms with van der Waals surface area (Å²) in [5.74, 6) is 0.212. The van der Waals surface area contributed by atoms with Crippen molar-refractivity contribution in [1.82, 2.24) is 9.78 Å². The van der Waals surface area contributed by atoms with Gasteiger partial charge in [0.05, 0.1) is 18.4 Å². The van der Waals surface area contributed by atoms with Crippen molar-refractivity contribution in [2.45, 2.75) is 27.0 Å². The van der Waals surface area contributed by atoms with Crippen molar-refractivity contribution in [2.75, 3.05) is 5.32 Å². The number of halogens is 2. The predicted octanol–water partition coefficient (Wildman–Crippen LogP) is 6.17. The van der Waals surface area contributed by atoms with E-state index in [-0.39, 0.29) is 18.3 Å². The van der Waals surface area contributed by atoms with E-state index in [2.05, 4.69) is 10.4 Å². The Kier molecular flexibility index (Phi) is 6.75. The number of anilines is 1. The van der Waals surface area contributed by atoms with Crippen molar-refractivity contribution in [3.63, 3.8) is 0 Å². The molecule has 0 unspecified atom stereocenters. The fourth-order valence-corrected chi connectivity index (χ4v) is 3.54. The lowest BCUT2D eigenvalue weighted by Crippen LogP contribution is -2.11. The van der Waals surface area contributed by atoms with Gasteiger partial charge in [-0.1, -0.05) is 41.9 Å². The van der Waals surface area contributed by atoms with Crippen molar-refractivity contribution >= 4 is 23.2 Å². The van der Waals surface area contributed by atoms with Crippen LogP contribution in [-0.2, 0) is 13.2 Å². The number of ether oxygens (including phenoxy) is 1. The maximum absolute atomic E-state index is 13.8. The summed E-state index contributed by atoms with van der Waals surface area (Å²) < 4.78 is 21.3. The summed E-state index contributed by atoms with van der Waals surface area (Å²) in [7, 11) is 0. The minimum absolute atomic E-state index is 0.253. The molecule has 0 bridgehead atoms. The molecular formula is C26H23ClFN3O2. The Bertz CT molecular complexity index is 1260. The number of hydrogen-bond acceptors (Lipinski definition) is 3. The van der Waals surface area contributed by atoms with E-state index in [1.807, 2.05) is 38.1 Å². The van der Waals surface area contributed by atoms with E-state index in [4.69, 9.17) is 16.3 Å². The van der Waals surface area contributed by atoms with E-state index in [9.17, 15) is 9.18 Å². The van der Waals surface area contributed by atoms with Gasteiger partial charge in [-0.05, 0) is 60.9 Å². The minimum atomic E-state index is -0.288. The molecule has 0 radical (unpaired) electrons. The Morgan fingerprint density at radius 2 is 1.79 bits per heavy atom. The summed E-state index contributed by atoms with van der Waals surface area (Å²) >= 11 is 6.20. The maximum Gasteiger partial charge on any atom is 0.255 e. The van der Waals surface area contributed by atoms with Gasteiger partial charge in [0, 0.05) is 22.3 Å². The first-order chi connectivity index (χ1) is 15.9. The average Bonchev–Trinajstić information content (AvgIpc) is 3.24. The van der Waals surface area contributed by atoms with Crippen LogP contribution >= 0.6 is 11.6 Å². The Morgan fingerprint density at radius 3 is 2.48 bits per heavy atom. The molecule has 4 aromatic rings. The summed E-state index contributed by atoms with van der Waals surface area (Å²) in [5, 5.41) is 7.75. The van der Waals surface area contributed by atoms with E-state index in [0.29, 0.717) is 23.4 Å². The zero-order valence-electron chi connectivity index (χ0n) is 18.3. The van der Waals surface area contributed by atoms with E-state index < -0.39 is 0 Å². The van der Waals surface area contributed by atoms with Crippen LogP contribution in [0.4, 0.5) is 10.1 Å². The molecule has 0 aliphatic rings. The molecule has 168 valence electrons. The molecule has 1 amide bonds. The molecule has 1 aromatic heterocycles. The zero-order valence-corrected chi connectivity index (χ0v) is 19.1. The van der Waals surface area contributed by atoms with Gasteiger partial charge >= 0.3 is 0 Å². The second-order valence-corrected chi connectivity index (χ2v) is 8.21. The summed E-state index contributed by atoms with van der Waals surface area (Å²) in [5.41, 5.74) is 4.46. The highest BCUT2D eigenvalue weighted by Gasteiger charge is 2.10. The minimum Gasteiger partial charge on any atom is -0.489 e. The Morgan fingerprint density at radius 1 is 1.09 bits per heavy atom. The number of amides is 1. The van der Waals surface area contributed by atoms with Crippen LogP contribution in [0.3, 0.4) is 0 Å². The van der Waals surface area contributed by atoms with E-state index in [1.165, 1.54) is 12.3 Å². The number of aryl methyl sites for hydroxylation is 2. The first kappa shape index (κ1) is 22.6. The number of hydrogen-bond donors (Lipinski definition) is 1. The molecule has 7 heteroatoms. The van der Waals surface area contributed by atoms with Crippen LogP contribution in [0.15, 0.2) is 73.1 Å². The third-order valence-electron chi connectivity index (χ3n) is 5.21. The Balaban J connectivity index is 1.34. The first-order valence-electron chi connectivity index (χ1n) is 10.4. The average molecular weight is 464 g/mol. The molecule has 1 heterocycles. The van der Waals surface area contributed by atoms with Gasteiger partial charge in [-0.15, -0.1) is 0 Å². The van der Waals surface area contributed by atoms with E-state index >= 15 is 0 Å². The number of carbonyl (C=O) groups excluding carboxylic acids is 1. The molecule has 3 aromatic carbocycles. The monoisotopic (exact) mass is 463 g/mol. The van der Waals surface area contributed by atoms with Gasteiger partial charge < -0.3 is 10.1 Å². The van der Waals surface area contributed by atoms with Gasteiger partial charge in [0.2, 0.25) is 0 Å². The molecule has 0 saturated heterocycles. The SMILES string of the molecule is Cc1cc(OCc2ccc(C(=O)Nc3cnn(Cc4ccccc4F)c3)cc2)cc(C)c1Cl. The molecule has 0 atom stereocenters. The molecular weight excluding hydrogens is 441 g/mol. The standard InChI is InChI=1S/C26H23ClFN3O2/c1-17-11-23(12-18(2)25(17)27)33-16-19-7-9-20(10-8-19)26(32)30-22-13-29-31(15-22)14-21-5-3-4-6-24(21)28/h3-13,15H,14,16H2,1-2H3,(H,30,32). The van der Waals surface area contributed by atoms with Crippen molar-refractivity contribution in [1.29, 1.82) is 0 Å². The van der Waals surface area contributed by atoms with Crippen LogP contribution in [-0.4, -0.2) is 15.7 Å². The van der Waals surface area contributed by atoms with Gasteiger partial charge in [0.15, 0.2) is 0 Å². The Hall–Kier alpha value is -3.64. The van der Waals surface area contributed by atoms with Gasteiger partial charge in [0.1, 0.15) is 18.2 Å². The topological polar surface area (TPSA) is 56.1 Å². The van der Waals surface area contributed by atoms with Gasteiger partial charge in [-0.3, -0.25) is 9.48 Å². The normalized spacial score (nSPS) is 10.8. The molecule has 0 saturated carbocycles. The lowest BCUT2D eigenvalue weighted by molar-refractivity contribution is 0.102. The first-order valence-corrected chi connectivity index (χ1v) is 10.8. The highest BCUT2D eigenvalue weighted by atomic mass is 35.5. The lowest BCUT2D eigenvalue weighted by Gasteiger charge is -2.10. The van der Waals surface area contributed by atoms with Gasteiger partial charge in [0.25, 0.3) is 5.91 Å². The number of nitrogens with one attached hydrogen (secondary N) is 1. The molecule has 1 N–H and O–H groups in total. The van der Waals surface area contributed by atoms with Crippen molar-refractivity contribution < 1.29 is 13.9 Å². The van der Waals surface area contributed by atoms with Crippen molar-refractivity contribution in [3.05, 3.63) is 112 Å². The molecule has 4 rings (SSSR count). The highest BCUT2D eigenvalue weighted by Crippen LogP contribution is 2.26. The molecule has 0 fully saturated rings. The predicted molar refractivity (Wildman–Crippen MR) is 127 cm³/mol. The highest BCUT2D eigenvalue weighted by molar-refractivity contribution is 6.32. The summed E-state index contributed by atoms with van der Waals surface area (Å²) in [6, 6.07) is 17.5. The largest absolute Gasteiger partial charge is 0.489 e. The molecule has 0 aliphatic heterocycles. The number of benzene rings is 3. The maximum atomic E-state index is 13.8. The van der Waals surface area contributed by atoms with Crippen LogP contribution in [0.25, 0.3) is 0 Å². The quantitative estimate of drug-likeness (QED) is 0.356.